The van der Waals surface area contributed by atoms with Crippen LogP contribution in [0.3, 0.4) is 0 Å². The van der Waals surface area contributed by atoms with Crippen molar-refractivity contribution in [2.45, 2.75) is 6.92 Å². The molecule has 0 saturated carbocycles. The van der Waals surface area contributed by atoms with Gasteiger partial charge in [-0.25, -0.2) is 4.98 Å². The van der Waals surface area contributed by atoms with Gasteiger partial charge >= 0.3 is 0 Å². The van der Waals surface area contributed by atoms with E-state index in [2.05, 4.69) is 9.97 Å². The van der Waals surface area contributed by atoms with E-state index in [0.29, 0.717) is 16.7 Å². The maximum atomic E-state index is 5.77. The molecule has 0 fully saturated rings. The normalized spacial score (nSPS) is 10.7. The molecule has 2 rings (SSSR count). The molecule has 4 nitrogen and oxygen atoms in total. The number of ether oxygens (including phenoxy) is 1. The molecule has 0 aliphatic carbocycles. The highest BCUT2D eigenvalue weighted by Crippen LogP contribution is 2.18. The lowest BCUT2D eigenvalue weighted by molar-refractivity contribution is 0.400. The lowest BCUT2D eigenvalue weighted by Gasteiger charge is -2.00. The van der Waals surface area contributed by atoms with Crippen LogP contribution in [0.2, 0.25) is 5.15 Å². The smallest absolute Gasteiger partial charge is 0.259 e. The Morgan fingerprint density at radius 2 is 2.15 bits per heavy atom. The lowest BCUT2D eigenvalue weighted by atomic mass is 10.6. The van der Waals surface area contributed by atoms with Crippen molar-refractivity contribution in [1.82, 2.24) is 14.4 Å². The number of hydrogen-bond donors (Lipinski definition) is 0. The number of aryl methyl sites for hydroxylation is 1. The zero-order valence-electron chi connectivity index (χ0n) is 7.28. The van der Waals surface area contributed by atoms with Gasteiger partial charge in [0.2, 0.25) is 5.65 Å². The number of nitrogens with zero attached hydrogens (tertiary/aromatic N) is 3. The molecular formula is C8H8ClN3O. The highest BCUT2D eigenvalue weighted by atomic mass is 35.5. The number of rotatable bonds is 1. The third kappa shape index (κ3) is 1.33. The molecule has 2 heterocycles. The molecule has 0 bridgehead atoms. The minimum Gasteiger partial charge on any atom is -0.478 e. The summed E-state index contributed by atoms with van der Waals surface area (Å²) in [6, 6.07) is 0. The molecular weight excluding hydrogens is 190 g/mol. The van der Waals surface area contributed by atoms with E-state index in [1.165, 1.54) is 0 Å². The highest BCUT2D eigenvalue weighted by Gasteiger charge is 2.07. The van der Waals surface area contributed by atoms with Crippen LogP contribution in [-0.2, 0) is 0 Å². The lowest BCUT2D eigenvalue weighted by Crippen LogP contribution is -1.93. The van der Waals surface area contributed by atoms with E-state index < -0.39 is 0 Å². The van der Waals surface area contributed by atoms with E-state index in [1.807, 2.05) is 13.1 Å². The summed E-state index contributed by atoms with van der Waals surface area (Å²) in [5, 5.41) is 0.391. The number of aromatic nitrogens is 3. The molecule has 0 aliphatic heterocycles. The standard InChI is InChI=1S/C8H8ClN3O/c1-5-3-12-4-6(9)11-8(13-2)7(12)10-5/h3-4H,1-2H3. The van der Waals surface area contributed by atoms with Gasteiger partial charge < -0.3 is 4.74 Å². The first-order valence-electron chi connectivity index (χ1n) is 3.76. The van der Waals surface area contributed by atoms with Gasteiger partial charge in [-0.1, -0.05) is 11.6 Å². The zero-order valence-corrected chi connectivity index (χ0v) is 8.04. The van der Waals surface area contributed by atoms with Gasteiger partial charge in [-0.3, -0.25) is 4.40 Å². The van der Waals surface area contributed by atoms with E-state index in [0.717, 1.165) is 5.69 Å². The molecule has 0 unspecified atom stereocenters. The van der Waals surface area contributed by atoms with Crippen LogP contribution in [0.1, 0.15) is 5.69 Å². The summed E-state index contributed by atoms with van der Waals surface area (Å²) in [5.74, 6) is 0.445. The number of hydrogen-bond acceptors (Lipinski definition) is 3. The number of methoxy groups -OCH3 is 1. The van der Waals surface area contributed by atoms with Crippen molar-refractivity contribution in [3.05, 3.63) is 23.2 Å². The Morgan fingerprint density at radius 3 is 2.85 bits per heavy atom. The van der Waals surface area contributed by atoms with Crippen LogP contribution in [-0.4, -0.2) is 21.5 Å². The largest absolute Gasteiger partial charge is 0.478 e. The van der Waals surface area contributed by atoms with Crippen molar-refractivity contribution in [2.75, 3.05) is 7.11 Å². The Hall–Kier alpha value is -1.29. The summed E-state index contributed by atoms with van der Waals surface area (Å²) in [5.41, 5.74) is 1.59. The van der Waals surface area contributed by atoms with Crippen molar-refractivity contribution in [3.63, 3.8) is 0 Å². The summed E-state index contributed by atoms with van der Waals surface area (Å²) in [6.45, 7) is 1.90. The van der Waals surface area contributed by atoms with Gasteiger partial charge in [-0.2, -0.15) is 4.98 Å². The predicted octanol–water partition coefficient (Wildman–Crippen LogP) is 1.70. The molecule has 2 aromatic rings. The average molecular weight is 198 g/mol. The summed E-state index contributed by atoms with van der Waals surface area (Å²) < 4.78 is 6.84. The van der Waals surface area contributed by atoms with Crippen LogP contribution in [0.5, 0.6) is 5.88 Å². The van der Waals surface area contributed by atoms with Gasteiger partial charge in [0, 0.05) is 12.4 Å². The summed E-state index contributed by atoms with van der Waals surface area (Å²) in [4.78, 5) is 8.23. The van der Waals surface area contributed by atoms with Crippen molar-refractivity contribution in [3.8, 4) is 5.88 Å². The second-order valence-electron chi connectivity index (χ2n) is 2.69. The average Bonchev–Trinajstić information content (AvgIpc) is 2.43. The Labute approximate surface area is 80.1 Å². The molecule has 0 amide bonds. The first kappa shape index (κ1) is 8.31. The van der Waals surface area contributed by atoms with Crippen molar-refractivity contribution in [2.24, 2.45) is 0 Å². The van der Waals surface area contributed by atoms with E-state index in [9.17, 15) is 0 Å². The summed E-state index contributed by atoms with van der Waals surface area (Å²) >= 11 is 5.77. The highest BCUT2D eigenvalue weighted by molar-refractivity contribution is 6.29. The Morgan fingerprint density at radius 1 is 1.38 bits per heavy atom. The second-order valence-corrected chi connectivity index (χ2v) is 3.07. The predicted molar refractivity (Wildman–Crippen MR) is 49.3 cm³/mol. The number of halogens is 1. The molecule has 0 radical (unpaired) electrons. The fourth-order valence-corrected chi connectivity index (χ4v) is 1.38. The number of fused-ring (bicyclic) bond motifs is 1. The molecule has 5 heteroatoms. The molecule has 0 aromatic carbocycles. The van der Waals surface area contributed by atoms with Gasteiger partial charge in [0.25, 0.3) is 5.88 Å². The quantitative estimate of drug-likeness (QED) is 0.699. The Kier molecular flexibility index (Phi) is 1.84. The molecule has 0 spiro atoms. The van der Waals surface area contributed by atoms with Crippen LogP contribution < -0.4 is 4.74 Å². The SMILES string of the molecule is COc1nc(Cl)cn2cc(C)nc12. The Bertz CT molecular complexity index is 452. The minimum absolute atomic E-state index is 0.391. The molecule has 2 aromatic heterocycles. The monoisotopic (exact) mass is 197 g/mol. The zero-order chi connectivity index (χ0) is 9.42. The second kappa shape index (κ2) is 2.88. The third-order valence-corrected chi connectivity index (χ3v) is 1.87. The minimum atomic E-state index is 0.391. The first-order valence-corrected chi connectivity index (χ1v) is 4.14. The van der Waals surface area contributed by atoms with Crippen LogP contribution in [0.4, 0.5) is 0 Å². The molecule has 13 heavy (non-hydrogen) atoms. The van der Waals surface area contributed by atoms with Gasteiger partial charge in [-0.15, -0.1) is 0 Å². The first-order chi connectivity index (χ1) is 6.20. The van der Waals surface area contributed by atoms with E-state index in [4.69, 9.17) is 16.3 Å². The van der Waals surface area contributed by atoms with Gasteiger partial charge in [0.15, 0.2) is 0 Å². The van der Waals surface area contributed by atoms with E-state index in [-0.39, 0.29) is 0 Å². The molecule has 0 saturated heterocycles. The fraction of sp³-hybridized carbons (Fsp3) is 0.250. The van der Waals surface area contributed by atoms with Crippen LogP contribution in [0.15, 0.2) is 12.4 Å². The van der Waals surface area contributed by atoms with Crippen molar-refractivity contribution in [1.29, 1.82) is 0 Å². The maximum Gasteiger partial charge on any atom is 0.259 e. The van der Waals surface area contributed by atoms with Crippen molar-refractivity contribution < 1.29 is 4.74 Å². The van der Waals surface area contributed by atoms with Crippen molar-refractivity contribution >= 4 is 17.2 Å². The third-order valence-electron chi connectivity index (χ3n) is 1.69. The van der Waals surface area contributed by atoms with Gasteiger partial charge in [0.05, 0.1) is 12.8 Å². The Balaban J connectivity index is 2.80. The molecule has 68 valence electrons. The van der Waals surface area contributed by atoms with Crippen LogP contribution >= 0.6 is 11.6 Å². The number of imidazole rings is 1. The molecule has 0 N–H and O–H groups in total. The fourth-order valence-electron chi connectivity index (χ4n) is 1.20. The van der Waals surface area contributed by atoms with E-state index >= 15 is 0 Å². The molecule has 0 atom stereocenters. The maximum absolute atomic E-state index is 5.77. The molecule has 0 aliphatic rings. The topological polar surface area (TPSA) is 39.4 Å². The van der Waals surface area contributed by atoms with Gasteiger partial charge in [0.1, 0.15) is 5.15 Å². The van der Waals surface area contributed by atoms with Crippen LogP contribution in [0.25, 0.3) is 5.65 Å². The summed E-state index contributed by atoms with van der Waals surface area (Å²) in [6.07, 6.45) is 3.56. The van der Waals surface area contributed by atoms with E-state index in [1.54, 1.807) is 17.7 Å². The van der Waals surface area contributed by atoms with Gasteiger partial charge in [-0.05, 0) is 6.92 Å². The van der Waals surface area contributed by atoms with Crippen LogP contribution in [0, 0.1) is 6.92 Å². The summed E-state index contributed by atoms with van der Waals surface area (Å²) in [7, 11) is 1.54.